The average Bonchev–Trinajstić information content (AvgIpc) is 2.20. The van der Waals surface area contributed by atoms with Crippen molar-refractivity contribution >= 4 is 39.2 Å². The lowest BCUT2D eigenvalue weighted by Crippen LogP contribution is -2.19. The average molecular weight is 295 g/mol. The van der Waals surface area contributed by atoms with Crippen LogP contribution in [0.4, 0.5) is 0 Å². The number of nitrogens with one attached hydrogen (secondary N) is 1. The number of carbonyl (C=O) groups is 1. The zero-order valence-electron chi connectivity index (χ0n) is 7.94. The number of sulfonamides is 1. The van der Waals surface area contributed by atoms with Crippen LogP contribution in [0.25, 0.3) is 0 Å². The van der Waals surface area contributed by atoms with Crippen LogP contribution in [0.1, 0.15) is 10.4 Å². The van der Waals surface area contributed by atoms with E-state index in [2.05, 4.69) is 0 Å². The lowest BCUT2D eigenvalue weighted by atomic mass is 10.2. The lowest BCUT2D eigenvalue weighted by molar-refractivity contribution is 0.0697. The van der Waals surface area contributed by atoms with Crippen molar-refractivity contribution in [2.45, 2.75) is 4.90 Å². The van der Waals surface area contributed by atoms with Gasteiger partial charge in [0.15, 0.2) is 6.19 Å². The third-order valence-electron chi connectivity index (χ3n) is 1.70. The first-order valence-corrected chi connectivity index (χ1v) is 6.16. The van der Waals surface area contributed by atoms with Gasteiger partial charge in [0.1, 0.15) is 4.90 Å². The number of halogens is 2. The molecule has 0 unspecified atom stereocenters. The van der Waals surface area contributed by atoms with Crippen LogP contribution in [0.2, 0.25) is 10.0 Å². The van der Waals surface area contributed by atoms with Gasteiger partial charge in [-0.3, -0.25) is 0 Å². The van der Waals surface area contributed by atoms with E-state index < -0.39 is 31.5 Å². The monoisotopic (exact) mass is 294 g/mol. The van der Waals surface area contributed by atoms with Gasteiger partial charge in [-0.15, -0.1) is 0 Å². The molecule has 1 aromatic carbocycles. The third-order valence-corrected chi connectivity index (χ3v) is 3.70. The van der Waals surface area contributed by atoms with E-state index in [0.717, 1.165) is 12.1 Å². The van der Waals surface area contributed by atoms with Gasteiger partial charge >= 0.3 is 5.97 Å². The predicted octanol–water partition coefficient (Wildman–Crippen LogP) is 1.45. The first-order valence-electron chi connectivity index (χ1n) is 3.93. The van der Waals surface area contributed by atoms with Gasteiger partial charge < -0.3 is 5.11 Å². The minimum absolute atomic E-state index is 0.120. The molecule has 0 amide bonds. The summed E-state index contributed by atoms with van der Waals surface area (Å²) in [6.45, 7) is 0. The number of nitriles is 1. The molecule has 1 rings (SSSR count). The molecule has 1 aromatic rings. The van der Waals surface area contributed by atoms with Crippen molar-refractivity contribution in [3.8, 4) is 6.19 Å². The van der Waals surface area contributed by atoms with Crippen molar-refractivity contribution in [1.82, 2.24) is 4.72 Å². The Kier molecular flexibility index (Phi) is 3.83. The maximum absolute atomic E-state index is 11.5. The van der Waals surface area contributed by atoms with Gasteiger partial charge in [-0.2, -0.15) is 5.26 Å². The van der Waals surface area contributed by atoms with Crippen LogP contribution in [0.5, 0.6) is 0 Å². The Morgan fingerprint density at radius 2 is 2.00 bits per heavy atom. The van der Waals surface area contributed by atoms with E-state index >= 15 is 0 Å². The zero-order valence-corrected chi connectivity index (χ0v) is 10.3. The highest BCUT2D eigenvalue weighted by atomic mass is 35.5. The van der Waals surface area contributed by atoms with Gasteiger partial charge in [-0.05, 0) is 12.1 Å². The molecule has 0 heterocycles. The molecule has 0 aliphatic carbocycles. The second-order valence-electron chi connectivity index (χ2n) is 2.79. The summed E-state index contributed by atoms with van der Waals surface area (Å²) in [5.41, 5.74) is -0.461. The highest BCUT2D eigenvalue weighted by Gasteiger charge is 2.23. The maximum Gasteiger partial charge on any atom is 0.337 e. The predicted molar refractivity (Wildman–Crippen MR) is 59.4 cm³/mol. The summed E-state index contributed by atoms with van der Waals surface area (Å²) in [6, 6.07) is 1.97. The van der Waals surface area contributed by atoms with Crippen LogP contribution in [-0.4, -0.2) is 19.5 Å². The smallest absolute Gasteiger partial charge is 0.337 e. The summed E-state index contributed by atoms with van der Waals surface area (Å²) < 4.78 is 24.5. The second kappa shape index (κ2) is 4.79. The van der Waals surface area contributed by atoms with E-state index in [0.29, 0.717) is 0 Å². The number of hydrogen-bond donors (Lipinski definition) is 2. The molecule has 9 heteroatoms. The molecule has 0 spiro atoms. The Bertz CT molecular complexity index is 621. The summed E-state index contributed by atoms with van der Waals surface area (Å²) >= 11 is 11.2. The van der Waals surface area contributed by atoms with Crippen LogP contribution in [0.3, 0.4) is 0 Å². The van der Waals surface area contributed by atoms with Crippen molar-refractivity contribution in [3.05, 3.63) is 27.7 Å². The van der Waals surface area contributed by atoms with Crippen molar-refractivity contribution in [2.75, 3.05) is 0 Å². The molecule has 17 heavy (non-hydrogen) atoms. The van der Waals surface area contributed by atoms with Gasteiger partial charge in [-0.1, -0.05) is 23.2 Å². The van der Waals surface area contributed by atoms with Crippen molar-refractivity contribution in [2.24, 2.45) is 0 Å². The Hall–Kier alpha value is -1.49. The largest absolute Gasteiger partial charge is 0.478 e. The number of aromatic carboxylic acids is 1. The summed E-state index contributed by atoms with van der Waals surface area (Å²) in [5.74, 6) is -1.43. The SMILES string of the molecule is N#CNS(=O)(=O)c1cc(Cl)cc(C(=O)O)c1Cl. The van der Waals surface area contributed by atoms with Gasteiger partial charge in [0.25, 0.3) is 10.0 Å². The molecule has 0 fully saturated rings. The first-order chi connectivity index (χ1) is 7.79. The Morgan fingerprint density at radius 1 is 1.41 bits per heavy atom. The number of carboxylic acids is 1. The molecule has 2 N–H and O–H groups in total. The fraction of sp³-hybridized carbons (Fsp3) is 0. The fourth-order valence-corrected chi connectivity index (χ4v) is 2.67. The highest BCUT2D eigenvalue weighted by Crippen LogP contribution is 2.29. The van der Waals surface area contributed by atoms with E-state index in [9.17, 15) is 13.2 Å². The summed E-state index contributed by atoms with van der Waals surface area (Å²) in [5, 5.41) is 16.4. The van der Waals surface area contributed by atoms with Crippen molar-refractivity contribution in [1.29, 1.82) is 5.26 Å². The molecule has 0 radical (unpaired) electrons. The number of carboxylic acid groups (broad SMARTS) is 1. The standard InChI is InChI=1S/C8H4Cl2N2O4S/c9-4-1-5(8(13)14)7(10)6(2-4)17(15,16)12-3-11/h1-2,12H,(H,13,14). The van der Waals surface area contributed by atoms with E-state index in [1.54, 1.807) is 0 Å². The summed E-state index contributed by atoms with van der Waals surface area (Å²) in [4.78, 5) is 10.2. The highest BCUT2D eigenvalue weighted by molar-refractivity contribution is 7.89. The quantitative estimate of drug-likeness (QED) is 0.648. The van der Waals surface area contributed by atoms with E-state index in [1.807, 2.05) is 0 Å². The zero-order chi connectivity index (χ0) is 13.2. The van der Waals surface area contributed by atoms with E-state index in [1.165, 1.54) is 10.9 Å². The molecule has 0 bridgehead atoms. The molecule has 6 nitrogen and oxygen atoms in total. The fourth-order valence-electron chi connectivity index (χ4n) is 1.03. The van der Waals surface area contributed by atoms with Crippen molar-refractivity contribution < 1.29 is 18.3 Å². The van der Waals surface area contributed by atoms with Crippen molar-refractivity contribution in [3.63, 3.8) is 0 Å². The van der Waals surface area contributed by atoms with Gasteiger partial charge in [-0.25, -0.2) is 17.9 Å². The minimum Gasteiger partial charge on any atom is -0.478 e. The summed E-state index contributed by atoms with van der Waals surface area (Å²) in [6.07, 6.45) is 1.21. The molecule has 0 aliphatic rings. The molecule has 0 aliphatic heterocycles. The normalized spacial score (nSPS) is 10.6. The first kappa shape index (κ1) is 13.6. The minimum atomic E-state index is -4.21. The number of rotatable bonds is 3. The Morgan fingerprint density at radius 3 is 2.47 bits per heavy atom. The number of nitrogens with zero attached hydrogens (tertiary/aromatic N) is 1. The Labute approximate surface area is 106 Å². The Balaban J connectivity index is 3.57. The summed E-state index contributed by atoms with van der Waals surface area (Å²) in [7, 11) is -4.21. The van der Waals surface area contributed by atoms with Gasteiger partial charge in [0, 0.05) is 5.02 Å². The van der Waals surface area contributed by atoms with Crippen LogP contribution in [-0.2, 0) is 10.0 Å². The third kappa shape index (κ3) is 2.79. The van der Waals surface area contributed by atoms with Crippen LogP contribution in [0, 0.1) is 11.5 Å². The van der Waals surface area contributed by atoms with Gasteiger partial charge in [0.05, 0.1) is 10.6 Å². The molecular weight excluding hydrogens is 291 g/mol. The molecule has 0 aromatic heterocycles. The van der Waals surface area contributed by atoms with E-state index in [4.69, 9.17) is 33.6 Å². The van der Waals surface area contributed by atoms with Crippen LogP contribution < -0.4 is 4.72 Å². The molecular formula is C8H4Cl2N2O4S. The van der Waals surface area contributed by atoms with Gasteiger partial charge in [0.2, 0.25) is 0 Å². The number of hydrogen-bond acceptors (Lipinski definition) is 4. The lowest BCUT2D eigenvalue weighted by Gasteiger charge is -2.07. The second-order valence-corrected chi connectivity index (χ2v) is 5.25. The number of benzene rings is 1. The van der Waals surface area contributed by atoms with Crippen LogP contribution >= 0.6 is 23.2 Å². The molecule has 90 valence electrons. The van der Waals surface area contributed by atoms with Crippen LogP contribution in [0.15, 0.2) is 17.0 Å². The molecule has 0 saturated carbocycles. The molecule has 0 saturated heterocycles. The van der Waals surface area contributed by atoms with E-state index in [-0.39, 0.29) is 5.02 Å². The molecule has 0 atom stereocenters. The topological polar surface area (TPSA) is 107 Å². The maximum atomic E-state index is 11.5.